The van der Waals surface area contributed by atoms with Gasteiger partial charge in [-0.25, -0.2) is 9.67 Å². The second kappa shape index (κ2) is 4.04. The topological polar surface area (TPSA) is 72.9 Å². The SMILES string of the molecule is Nc1cnn(-c2nccc(N3CCCC3)n2)c1. The van der Waals surface area contributed by atoms with Gasteiger partial charge in [-0.15, -0.1) is 0 Å². The van der Waals surface area contributed by atoms with E-state index in [-0.39, 0.29) is 0 Å². The molecule has 1 aliphatic rings. The second-order valence-corrected chi connectivity index (χ2v) is 4.13. The highest BCUT2D eigenvalue weighted by atomic mass is 15.4. The van der Waals surface area contributed by atoms with Crippen LogP contribution in [0, 0.1) is 0 Å². The minimum Gasteiger partial charge on any atom is -0.396 e. The molecule has 0 amide bonds. The van der Waals surface area contributed by atoms with E-state index in [0.717, 1.165) is 18.9 Å². The van der Waals surface area contributed by atoms with Crippen LogP contribution in [-0.2, 0) is 0 Å². The van der Waals surface area contributed by atoms with Crippen LogP contribution in [0.2, 0.25) is 0 Å². The molecule has 2 aromatic rings. The summed E-state index contributed by atoms with van der Waals surface area (Å²) in [4.78, 5) is 11.0. The average molecular weight is 230 g/mol. The Hall–Kier alpha value is -2.11. The van der Waals surface area contributed by atoms with E-state index < -0.39 is 0 Å². The van der Waals surface area contributed by atoms with Crippen molar-refractivity contribution in [3.8, 4) is 5.95 Å². The number of rotatable bonds is 2. The smallest absolute Gasteiger partial charge is 0.252 e. The van der Waals surface area contributed by atoms with Crippen molar-refractivity contribution in [1.82, 2.24) is 19.7 Å². The maximum atomic E-state index is 5.63. The standard InChI is InChI=1S/C11H14N6/c12-9-7-14-17(8-9)11-13-4-3-10(15-11)16-5-1-2-6-16/h3-4,7-8H,1-2,5-6,12H2. The average Bonchev–Trinajstić information content (AvgIpc) is 3.00. The highest BCUT2D eigenvalue weighted by Gasteiger charge is 2.14. The van der Waals surface area contributed by atoms with Gasteiger partial charge >= 0.3 is 0 Å². The zero-order valence-electron chi connectivity index (χ0n) is 9.45. The lowest BCUT2D eigenvalue weighted by Gasteiger charge is -2.16. The fraction of sp³-hybridized carbons (Fsp3) is 0.364. The van der Waals surface area contributed by atoms with Crippen LogP contribution < -0.4 is 10.6 Å². The molecule has 0 bridgehead atoms. The minimum atomic E-state index is 0.561. The molecule has 0 saturated carbocycles. The van der Waals surface area contributed by atoms with Crippen molar-refractivity contribution in [2.24, 2.45) is 0 Å². The predicted octanol–water partition coefficient (Wildman–Crippen LogP) is 0.845. The molecule has 88 valence electrons. The molecule has 6 heteroatoms. The fourth-order valence-corrected chi connectivity index (χ4v) is 2.02. The van der Waals surface area contributed by atoms with Gasteiger partial charge in [0.1, 0.15) is 5.82 Å². The van der Waals surface area contributed by atoms with Crippen molar-refractivity contribution in [2.45, 2.75) is 12.8 Å². The van der Waals surface area contributed by atoms with Crippen LogP contribution in [0.1, 0.15) is 12.8 Å². The molecule has 1 saturated heterocycles. The lowest BCUT2D eigenvalue weighted by molar-refractivity contribution is 0.797. The first-order valence-electron chi connectivity index (χ1n) is 5.71. The molecule has 6 nitrogen and oxygen atoms in total. The molecule has 0 atom stereocenters. The Balaban J connectivity index is 1.93. The molecule has 0 unspecified atom stereocenters. The molecular weight excluding hydrogens is 216 g/mol. The van der Waals surface area contributed by atoms with Gasteiger partial charge in [-0.1, -0.05) is 0 Å². The summed E-state index contributed by atoms with van der Waals surface area (Å²) in [7, 11) is 0. The largest absolute Gasteiger partial charge is 0.396 e. The van der Waals surface area contributed by atoms with Crippen LogP contribution in [0.15, 0.2) is 24.7 Å². The Morgan fingerprint density at radius 3 is 2.76 bits per heavy atom. The third-order valence-corrected chi connectivity index (χ3v) is 2.87. The maximum absolute atomic E-state index is 5.63. The van der Waals surface area contributed by atoms with Gasteiger partial charge in [0.2, 0.25) is 0 Å². The first-order valence-corrected chi connectivity index (χ1v) is 5.71. The lowest BCUT2D eigenvalue weighted by atomic mass is 10.4. The number of anilines is 2. The molecule has 0 radical (unpaired) electrons. The maximum Gasteiger partial charge on any atom is 0.252 e. The van der Waals surface area contributed by atoms with Gasteiger partial charge in [-0.05, 0) is 18.9 Å². The van der Waals surface area contributed by atoms with Gasteiger partial charge in [-0.2, -0.15) is 10.1 Å². The number of nitrogen functional groups attached to an aromatic ring is 1. The Morgan fingerprint density at radius 2 is 2.06 bits per heavy atom. The Kier molecular flexibility index (Phi) is 2.40. The van der Waals surface area contributed by atoms with E-state index in [4.69, 9.17) is 5.73 Å². The summed E-state index contributed by atoms with van der Waals surface area (Å²) < 4.78 is 1.59. The fourth-order valence-electron chi connectivity index (χ4n) is 2.02. The van der Waals surface area contributed by atoms with Gasteiger partial charge in [0, 0.05) is 19.3 Å². The van der Waals surface area contributed by atoms with E-state index in [1.807, 2.05) is 6.07 Å². The molecule has 1 fully saturated rings. The quantitative estimate of drug-likeness (QED) is 0.827. The summed E-state index contributed by atoms with van der Waals surface area (Å²) >= 11 is 0. The van der Waals surface area contributed by atoms with Crippen molar-refractivity contribution in [2.75, 3.05) is 23.7 Å². The van der Waals surface area contributed by atoms with Crippen molar-refractivity contribution >= 4 is 11.5 Å². The second-order valence-electron chi connectivity index (χ2n) is 4.13. The Labute approximate surface area is 99.1 Å². The van der Waals surface area contributed by atoms with Crippen LogP contribution >= 0.6 is 0 Å². The third-order valence-electron chi connectivity index (χ3n) is 2.87. The summed E-state index contributed by atoms with van der Waals surface area (Å²) in [6.07, 6.45) is 7.52. The molecule has 0 aliphatic carbocycles. The molecule has 0 spiro atoms. The summed E-state index contributed by atoms with van der Waals surface area (Å²) in [5.74, 6) is 1.52. The number of hydrogen-bond donors (Lipinski definition) is 1. The van der Waals surface area contributed by atoms with Gasteiger partial charge in [-0.3, -0.25) is 0 Å². The minimum absolute atomic E-state index is 0.561. The van der Waals surface area contributed by atoms with E-state index in [2.05, 4.69) is 20.0 Å². The van der Waals surface area contributed by atoms with Crippen LogP contribution in [-0.4, -0.2) is 32.8 Å². The normalized spacial score (nSPS) is 15.4. The van der Waals surface area contributed by atoms with Gasteiger partial charge in [0.15, 0.2) is 0 Å². The Morgan fingerprint density at radius 1 is 1.24 bits per heavy atom. The van der Waals surface area contributed by atoms with Crippen molar-refractivity contribution < 1.29 is 0 Å². The predicted molar refractivity (Wildman–Crippen MR) is 65.0 cm³/mol. The number of nitrogens with zero attached hydrogens (tertiary/aromatic N) is 5. The Bertz CT molecular complexity index is 514. The number of nitrogens with two attached hydrogens (primary N) is 1. The molecular formula is C11H14N6. The van der Waals surface area contributed by atoms with E-state index in [0.29, 0.717) is 11.6 Å². The monoisotopic (exact) mass is 230 g/mol. The zero-order valence-corrected chi connectivity index (χ0v) is 9.45. The molecule has 3 heterocycles. The van der Waals surface area contributed by atoms with E-state index in [9.17, 15) is 0 Å². The van der Waals surface area contributed by atoms with Gasteiger partial charge < -0.3 is 10.6 Å². The highest BCUT2D eigenvalue weighted by molar-refractivity contribution is 5.41. The zero-order chi connectivity index (χ0) is 11.7. The van der Waals surface area contributed by atoms with E-state index in [1.54, 1.807) is 23.3 Å². The number of hydrogen-bond acceptors (Lipinski definition) is 5. The van der Waals surface area contributed by atoms with E-state index >= 15 is 0 Å². The molecule has 2 N–H and O–H groups in total. The molecule has 1 aliphatic heterocycles. The van der Waals surface area contributed by atoms with Crippen LogP contribution in [0.5, 0.6) is 0 Å². The summed E-state index contributed by atoms with van der Waals surface area (Å²) in [6, 6.07) is 1.93. The molecule has 0 aromatic carbocycles. The number of aromatic nitrogens is 4. The highest BCUT2D eigenvalue weighted by Crippen LogP contribution is 2.17. The molecule has 2 aromatic heterocycles. The lowest BCUT2D eigenvalue weighted by Crippen LogP contribution is -2.19. The summed E-state index contributed by atoms with van der Waals surface area (Å²) in [5.41, 5.74) is 6.24. The van der Waals surface area contributed by atoms with Gasteiger partial charge in [0.25, 0.3) is 5.95 Å². The van der Waals surface area contributed by atoms with Crippen LogP contribution in [0.3, 0.4) is 0 Å². The third kappa shape index (κ3) is 1.93. The first kappa shape index (κ1) is 10.1. The van der Waals surface area contributed by atoms with Crippen molar-refractivity contribution in [3.63, 3.8) is 0 Å². The van der Waals surface area contributed by atoms with Crippen LogP contribution in [0.4, 0.5) is 11.5 Å². The first-order chi connectivity index (χ1) is 8.33. The van der Waals surface area contributed by atoms with Crippen LogP contribution in [0.25, 0.3) is 5.95 Å². The summed E-state index contributed by atoms with van der Waals surface area (Å²) in [5, 5.41) is 4.10. The van der Waals surface area contributed by atoms with Crippen molar-refractivity contribution in [1.29, 1.82) is 0 Å². The van der Waals surface area contributed by atoms with E-state index in [1.165, 1.54) is 12.8 Å². The summed E-state index contributed by atoms with van der Waals surface area (Å²) in [6.45, 7) is 2.13. The van der Waals surface area contributed by atoms with Gasteiger partial charge in [0.05, 0.1) is 18.1 Å². The van der Waals surface area contributed by atoms with Crippen molar-refractivity contribution in [3.05, 3.63) is 24.7 Å². The molecule has 17 heavy (non-hydrogen) atoms. The molecule has 3 rings (SSSR count).